The first-order valence-corrected chi connectivity index (χ1v) is 15.5. The zero-order valence-corrected chi connectivity index (χ0v) is 19.8. The largest absolute Gasteiger partial charge is 0.161 e. The maximum atomic E-state index is 3.88. The maximum Gasteiger partial charge on any atom is 0.0884 e. The first kappa shape index (κ1) is 22.2. The first-order chi connectivity index (χ1) is 13.0. The zero-order valence-electron chi connectivity index (χ0n) is 17.1. The van der Waals surface area contributed by atoms with E-state index in [1.165, 1.54) is 45.6 Å². The smallest absolute Gasteiger partial charge is 0.0884 e. The van der Waals surface area contributed by atoms with Gasteiger partial charge in [0.1, 0.15) is 0 Å². The van der Waals surface area contributed by atoms with Crippen LogP contribution in [0.15, 0.2) is 66.4 Å². The summed E-state index contributed by atoms with van der Waals surface area (Å²) in [6.07, 6.45) is 2.61. The van der Waals surface area contributed by atoms with Crippen molar-refractivity contribution >= 4 is 41.7 Å². The Bertz CT molecular complexity index is 739. The number of unbranched alkanes of at least 4 members (excludes halogenated alkanes) is 1. The molecule has 2 aromatic rings. The minimum absolute atomic E-state index is 1.14. The molecule has 0 saturated carbocycles. The lowest BCUT2D eigenvalue weighted by Crippen LogP contribution is -2.22. The molecule has 0 aromatic heterocycles. The monoisotopic (exact) mass is 412 g/mol. The standard InChI is InChI=1S/C24H32S2Si/c1-5-6-17-25-18-19-26-23(21-13-9-7-10-14-21)20-24(27(2,3)4)22-15-11-8-12-16-22/h7-16H,5-6,17-19H2,1-4H3. The Kier molecular flexibility index (Phi) is 9.57. The Morgan fingerprint density at radius 2 is 1.41 bits per heavy atom. The van der Waals surface area contributed by atoms with Crippen LogP contribution < -0.4 is 0 Å². The Balaban J connectivity index is 2.35. The summed E-state index contributed by atoms with van der Waals surface area (Å²) in [7, 11) is -1.52. The van der Waals surface area contributed by atoms with Crippen molar-refractivity contribution in [2.45, 2.75) is 39.4 Å². The molecule has 2 rings (SSSR count). The zero-order chi connectivity index (χ0) is 19.5. The van der Waals surface area contributed by atoms with Crippen molar-refractivity contribution in [3.8, 4) is 0 Å². The highest BCUT2D eigenvalue weighted by Crippen LogP contribution is 2.32. The van der Waals surface area contributed by atoms with Gasteiger partial charge >= 0.3 is 0 Å². The van der Waals surface area contributed by atoms with Crippen molar-refractivity contribution in [2.24, 2.45) is 0 Å². The maximum absolute atomic E-state index is 3.88. The van der Waals surface area contributed by atoms with Crippen molar-refractivity contribution in [3.63, 3.8) is 0 Å². The molecule has 0 aliphatic rings. The van der Waals surface area contributed by atoms with E-state index in [2.05, 4.69) is 105 Å². The average molecular weight is 413 g/mol. The molecule has 0 aliphatic heterocycles. The highest BCUT2D eigenvalue weighted by Gasteiger charge is 2.21. The highest BCUT2D eigenvalue weighted by atomic mass is 32.2. The predicted octanol–water partition coefficient (Wildman–Crippen LogP) is 7.85. The second-order valence-electron chi connectivity index (χ2n) is 7.63. The van der Waals surface area contributed by atoms with Crippen LogP contribution in [-0.4, -0.2) is 25.3 Å². The fraction of sp³-hybridized carbons (Fsp3) is 0.375. The van der Waals surface area contributed by atoms with E-state index >= 15 is 0 Å². The van der Waals surface area contributed by atoms with E-state index in [1.54, 1.807) is 0 Å². The van der Waals surface area contributed by atoms with Crippen LogP contribution in [0, 0.1) is 0 Å². The number of hydrogen-bond acceptors (Lipinski definition) is 2. The van der Waals surface area contributed by atoms with Crippen LogP contribution in [-0.2, 0) is 0 Å². The third-order valence-electron chi connectivity index (χ3n) is 4.20. The average Bonchev–Trinajstić information content (AvgIpc) is 2.67. The van der Waals surface area contributed by atoms with E-state index in [9.17, 15) is 0 Å². The van der Waals surface area contributed by atoms with E-state index in [0.29, 0.717) is 0 Å². The molecular formula is C24H32S2Si. The lowest BCUT2D eigenvalue weighted by atomic mass is 10.2. The number of rotatable bonds is 10. The van der Waals surface area contributed by atoms with Crippen LogP contribution in [0.25, 0.3) is 10.1 Å². The third kappa shape index (κ3) is 7.79. The second kappa shape index (κ2) is 11.7. The first-order valence-electron chi connectivity index (χ1n) is 9.85. The highest BCUT2D eigenvalue weighted by molar-refractivity contribution is 8.09. The molecule has 0 saturated heterocycles. The van der Waals surface area contributed by atoms with Crippen molar-refractivity contribution in [2.75, 3.05) is 17.3 Å². The summed E-state index contributed by atoms with van der Waals surface area (Å²) in [4.78, 5) is 1.29. The molecule has 0 heterocycles. The molecule has 0 unspecified atom stereocenters. The van der Waals surface area contributed by atoms with Gasteiger partial charge in [0.25, 0.3) is 0 Å². The Morgan fingerprint density at radius 3 is 1.96 bits per heavy atom. The Hall–Kier alpha value is -1.12. The van der Waals surface area contributed by atoms with Gasteiger partial charge < -0.3 is 0 Å². The minimum Gasteiger partial charge on any atom is -0.161 e. The van der Waals surface area contributed by atoms with Gasteiger partial charge in [-0.2, -0.15) is 11.8 Å². The van der Waals surface area contributed by atoms with Gasteiger partial charge in [-0.1, -0.05) is 93.6 Å². The van der Waals surface area contributed by atoms with Crippen molar-refractivity contribution in [3.05, 3.63) is 77.5 Å². The predicted molar refractivity (Wildman–Crippen MR) is 131 cm³/mol. The van der Waals surface area contributed by atoms with Crippen LogP contribution in [0.2, 0.25) is 19.6 Å². The summed E-state index contributed by atoms with van der Waals surface area (Å²) in [5, 5.41) is 1.41. The summed E-state index contributed by atoms with van der Waals surface area (Å²) in [6, 6.07) is 21.6. The van der Waals surface area contributed by atoms with E-state index in [-0.39, 0.29) is 0 Å². The van der Waals surface area contributed by atoms with Crippen molar-refractivity contribution in [1.29, 1.82) is 0 Å². The van der Waals surface area contributed by atoms with Gasteiger partial charge in [-0.05, 0) is 28.5 Å². The molecule has 144 valence electrons. The summed E-state index contributed by atoms with van der Waals surface area (Å²) in [5.74, 6) is 3.62. The summed E-state index contributed by atoms with van der Waals surface area (Å²) in [5.41, 5.74) is 6.48. The molecule has 0 atom stereocenters. The summed E-state index contributed by atoms with van der Waals surface area (Å²) < 4.78 is 0. The molecule has 0 amide bonds. The van der Waals surface area contributed by atoms with E-state index in [4.69, 9.17) is 0 Å². The minimum atomic E-state index is -1.52. The molecule has 0 aliphatic carbocycles. The molecule has 3 heteroatoms. The van der Waals surface area contributed by atoms with Crippen LogP contribution in [0.4, 0.5) is 0 Å². The molecule has 27 heavy (non-hydrogen) atoms. The topological polar surface area (TPSA) is 0 Å². The number of benzene rings is 2. The third-order valence-corrected chi connectivity index (χ3v) is 8.48. The molecule has 0 N–H and O–H groups in total. The van der Waals surface area contributed by atoms with Crippen molar-refractivity contribution in [1.82, 2.24) is 0 Å². The normalized spacial score (nSPS) is 11.1. The molecule has 0 radical (unpaired) electrons. The van der Waals surface area contributed by atoms with Crippen LogP contribution in [0.1, 0.15) is 30.9 Å². The molecule has 2 aromatic carbocycles. The molecule has 0 spiro atoms. The Labute approximate surface area is 175 Å². The van der Waals surface area contributed by atoms with Crippen LogP contribution in [0.5, 0.6) is 0 Å². The van der Waals surface area contributed by atoms with Gasteiger partial charge in [0.2, 0.25) is 0 Å². The quantitative estimate of drug-likeness (QED) is 0.221. The van der Waals surface area contributed by atoms with Gasteiger partial charge in [0.15, 0.2) is 0 Å². The van der Waals surface area contributed by atoms with E-state index < -0.39 is 8.07 Å². The lowest BCUT2D eigenvalue weighted by Gasteiger charge is -2.20. The van der Waals surface area contributed by atoms with E-state index in [0.717, 1.165) is 5.75 Å². The fourth-order valence-electron chi connectivity index (χ4n) is 2.74. The van der Waals surface area contributed by atoms with E-state index in [1.807, 2.05) is 11.8 Å². The van der Waals surface area contributed by atoms with Gasteiger partial charge in [0.05, 0.1) is 13.0 Å². The van der Waals surface area contributed by atoms with Gasteiger partial charge in [-0.25, -0.2) is 0 Å². The van der Waals surface area contributed by atoms with Crippen LogP contribution in [0.3, 0.4) is 0 Å². The van der Waals surface area contributed by atoms with Crippen molar-refractivity contribution < 1.29 is 0 Å². The molecule has 0 nitrogen and oxygen atoms in total. The van der Waals surface area contributed by atoms with Gasteiger partial charge in [0, 0.05) is 11.5 Å². The van der Waals surface area contributed by atoms with Gasteiger partial charge in [-0.15, -0.1) is 17.5 Å². The number of hydrogen-bond donors (Lipinski definition) is 0. The fourth-order valence-corrected chi connectivity index (χ4v) is 6.55. The Morgan fingerprint density at radius 1 is 0.815 bits per heavy atom. The lowest BCUT2D eigenvalue weighted by molar-refractivity contribution is 0.896. The SMILES string of the molecule is CCCCSCCSC(=C=C(c1ccccc1)[Si](C)(C)C)c1ccccc1. The number of thioether (sulfide) groups is 2. The van der Waals surface area contributed by atoms with Gasteiger partial charge in [-0.3, -0.25) is 0 Å². The van der Waals surface area contributed by atoms with Crippen LogP contribution >= 0.6 is 23.5 Å². The summed E-state index contributed by atoms with van der Waals surface area (Å²) in [6.45, 7) is 9.50. The summed E-state index contributed by atoms with van der Waals surface area (Å²) >= 11 is 4.03. The second-order valence-corrected chi connectivity index (χ2v) is 15.0. The molecule has 0 fully saturated rings. The molecule has 0 bridgehead atoms. The molecular weight excluding hydrogens is 380 g/mol.